The lowest BCUT2D eigenvalue weighted by Gasteiger charge is -2.14. The molecule has 0 saturated carbocycles. The van der Waals surface area contributed by atoms with Crippen molar-refractivity contribution in [2.24, 2.45) is 0 Å². The third kappa shape index (κ3) is 3.23. The number of likely N-dealkylation sites (tertiary alicyclic amines) is 1. The number of carbonyl (C=O) groups excluding carboxylic acids is 1. The van der Waals surface area contributed by atoms with Crippen LogP contribution in [-0.4, -0.2) is 30.4 Å². The third-order valence-electron chi connectivity index (χ3n) is 2.77. The average molecular weight is 240 g/mol. The van der Waals surface area contributed by atoms with Gasteiger partial charge in [0, 0.05) is 6.07 Å². The summed E-state index contributed by atoms with van der Waals surface area (Å²) >= 11 is 0. The zero-order chi connectivity index (χ0) is 12.3. The van der Waals surface area contributed by atoms with Crippen LogP contribution >= 0.6 is 0 Å². The fourth-order valence-electron chi connectivity index (χ4n) is 1.92. The highest BCUT2D eigenvalue weighted by Crippen LogP contribution is 2.15. The molecule has 0 unspecified atom stereocenters. The van der Waals surface area contributed by atoms with E-state index in [2.05, 4.69) is 5.32 Å². The number of nitrogens with one attached hydrogen (secondary N) is 1. The van der Waals surface area contributed by atoms with Crippen LogP contribution in [0.5, 0.6) is 0 Å². The lowest BCUT2D eigenvalue weighted by atomic mass is 10.3. The Morgan fingerprint density at radius 3 is 2.65 bits per heavy atom. The number of anilines is 1. The maximum Gasteiger partial charge on any atom is 0.238 e. The SMILES string of the molecule is O=C(CN1CCCC1)Nc1ccc(F)cc1F. The second-order valence-electron chi connectivity index (χ2n) is 4.16. The second kappa shape index (κ2) is 5.23. The van der Waals surface area contributed by atoms with E-state index in [4.69, 9.17) is 0 Å². The van der Waals surface area contributed by atoms with Crippen molar-refractivity contribution in [2.75, 3.05) is 25.0 Å². The molecular weight excluding hydrogens is 226 g/mol. The largest absolute Gasteiger partial charge is 0.322 e. The van der Waals surface area contributed by atoms with Gasteiger partial charge in [0.25, 0.3) is 0 Å². The molecule has 0 aliphatic carbocycles. The molecule has 1 aromatic carbocycles. The van der Waals surface area contributed by atoms with Gasteiger partial charge in [0.15, 0.2) is 0 Å². The lowest BCUT2D eigenvalue weighted by molar-refractivity contribution is -0.117. The molecule has 1 saturated heterocycles. The summed E-state index contributed by atoms with van der Waals surface area (Å²) in [5, 5.41) is 2.44. The first-order valence-corrected chi connectivity index (χ1v) is 5.62. The Hall–Kier alpha value is -1.49. The van der Waals surface area contributed by atoms with Gasteiger partial charge in [-0.3, -0.25) is 9.69 Å². The molecule has 0 aromatic heterocycles. The first-order valence-electron chi connectivity index (χ1n) is 5.62. The van der Waals surface area contributed by atoms with E-state index in [1.807, 2.05) is 4.90 Å². The molecule has 17 heavy (non-hydrogen) atoms. The van der Waals surface area contributed by atoms with E-state index in [0.717, 1.165) is 38.1 Å². The Morgan fingerprint density at radius 1 is 1.29 bits per heavy atom. The smallest absolute Gasteiger partial charge is 0.238 e. The number of nitrogens with zero attached hydrogens (tertiary/aromatic N) is 1. The summed E-state index contributed by atoms with van der Waals surface area (Å²) in [7, 11) is 0. The van der Waals surface area contributed by atoms with Crippen LogP contribution in [0.1, 0.15) is 12.8 Å². The quantitative estimate of drug-likeness (QED) is 0.876. The Morgan fingerprint density at radius 2 is 2.00 bits per heavy atom. The summed E-state index contributed by atoms with van der Waals surface area (Å²) in [4.78, 5) is 13.6. The highest BCUT2D eigenvalue weighted by molar-refractivity contribution is 5.92. The molecule has 0 radical (unpaired) electrons. The highest BCUT2D eigenvalue weighted by Gasteiger charge is 2.16. The number of hydrogen-bond donors (Lipinski definition) is 1. The molecule has 0 bridgehead atoms. The molecule has 0 atom stereocenters. The number of rotatable bonds is 3. The zero-order valence-corrected chi connectivity index (χ0v) is 9.38. The van der Waals surface area contributed by atoms with Gasteiger partial charge < -0.3 is 5.32 Å². The van der Waals surface area contributed by atoms with Crippen molar-refractivity contribution in [3.8, 4) is 0 Å². The standard InChI is InChI=1S/C12H14F2N2O/c13-9-3-4-11(10(14)7-9)15-12(17)8-16-5-1-2-6-16/h3-4,7H,1-2,5-6,8H2,(H,15,17). The van der Waals surface area contributed by atoms with Gasteiger partial charge in [-0.2, -0.15) is 0 Å². The molecule has 1 amide bonds. The van der Waals surface area contributed by atoms with Crippen molar-refractivity contribution in [1.82, 2.24) is 4.90 Å². The highest BCUT2D eigenvalue weighted by atomic mass is 19.1. The summed E-state index contributed by atoms with van der Waals surface area (Å²) in [5.74, 6) is -1.67. The van der Waals surface area contributed by atoms with E-state index in [9.17, 15) is 13.6 Å². The number of halogens is 2. The monoisotopic (exact) mass is 240 g/mol. The van der Waals surface area contributed by atoms with Crippen LogP contribution in [0.4, 0.5) is 14.5 Å². The van der Waals surface area contributed by atoms with Crippen LogP contribution in [0.15, 0.2) is 18.2 Å². The van der Waals surface area contributed by atoms with Crippen molar-refractivity contribution in [3.63, 3.8) is 0 Å². The molecule has 1 fully saturated rings. The van der Waals surface area contributed by atoms with E-state index in [-0.39, 0.29) is 18.1 Å². The molecule has 5 heteroatoms. The van der Waals surface area contributed by atoms with Crippen LogP contribution in [-0.2, 0) is 4.79 Å². The normalized spacial score (nSPS) is 16.1. The van der Waals surface area contributed by atoms with Crippen molar-refractivity contribution < 1.29 is 13.6 Å². The summed E-state index contributed by atoms with van der Waals surface area (Å²) < 4.78 is 25.9. The molecule has 1 N–H and O–H groups in total. The molecule has 92 valence electrons. The Kier molecular flexibility index (Phi) is 3.68. The minimum absolute atomic E-state index is 0.0237. The Balaban J connectivity index is 1.93. The first kappa shape index (κ1) is 12.0. The molecule has 2 rings (SSSR count). The number of hydrogen-bond acceptors (Lipinski definition) is 2. The summed E-state index contributed by atoms with van der Waals surface area (Å²) in [5.41, 5.74) is 0.0237. The summed E-state index contributed by atoms with van der Waals surface area (Å²) in [6.07, 6.45) is 2.19. The molecule has 1 aliphatic rings. The fourth-order valence-corrected chi connectivity index (χ4v) is 1.92. The minimum atomic E-state index is -0.750. The van der Waals surface area contributed by atoms with Crippen molar-refractivity contribution in [3.05, 3.63) is 29.8 Å². The van der Waals surface area contributed by atoms with Gasteiger partial charge in [-0.25, -0.2) is 8.78 Å². The number of amides is 1. The summed E-state index contributed by atoms with van der Waals surface area (Å²) in [6, 6.07) is 3.10. The third-order valence-corrected chi connectivity index (χ3v) is 2.77. The fraction of sp³-hybridized carbons (Fsp3) is 0.417. The van der Waals surface area contributed by atoms with Crippen molar-refractivity contribution in [2.45, 2.75) is 12.8 Å². The molecule has 1 heterocycles. The van der Waals surface area contributed by atoms with E-state index >= 15 is 0 Å². The number of benzene rings is 1. The summed E-state index contributed by atoms with van der Waals surface area (Å²) in [6.45, 7) is 2.06. The van der Waals surface area contributed by atoms with Gasteiger partial charge in [-0.05, 0) is 38.1 Å². The molecule has 1 aromatic rings. The van der Waals surface area contributed by atoms with Gasteiger partial charge >= 0.3 is 0 Å². The van der Waals surface area contributed by atoms with E-state index in [1.165, 1.54) is 6.07 Å². The lowest BCUT2D eigenvalue weighted by Crippen LogP contribution is -2.31. The van der Waals surface area contributed by atoms with Crippen molar-refractivity contribution in [1.29, 1.82) is 0 Å². The van der Waals surface area contributed by atoms with Crippen LogP contribution in [0.3, 0.4) is 0 Å². The van der Waals surface area contributed by atoms with E-state index in [0.29, 0.717) is 0 Å². The van der Waals surface area contributed by atoms with Crippen LogP contribution in [0.2, 0.25) is 0 Å². The Labute approximate surface area is 98.4 Å². The topological polar surface area (TPSA) is 32.3 Å². The molecule has 1 aliphatic heterocycles. The van der Waals surface area contributed by atoms with Gasteiger partial charge in [0.05, 0.1) is 12.2 Å². The number of carbonyl (C=O) groups is 1. The zero-order valence-electron chi connectivity index (χ0n) is 9.38. The maximum absolute atomic E-state index is 13.3. The molecule has 3 nitrogen and oxygen atoms in total. The maximum atomic E-state index is 13.3. The van der Waals surface area contributed by atoms with Gasteiger partial charge in [-0.15, -0.1) is 0 Å². The van der Waals surface area contributed by atoms with Crippen molar-refractivity contribution >= 4 is 11.6 Å². The van der Waals surface area contributed by atoms with Gasteiger partial charge in [0.2, 0.25) is 5.91 Å². The van der Waals surface area contributed by atoms with Gasteiger partial charge in [0.1, 0.15) is 11.6 Å². The molecule has 0 spiro atoms. The van der Waals surface area contributed by atoms with Crippen LogP contribution in [0.25, 0.3) is 0 Å². The molecular formula is C12H14F2N2O. The predicted octanol–water partition coefficient (Wildman–Crippen LogP) is 2.00. The van der Waals surface area contributed by atoms with Gasteiger partial charge in [-0.1, -0.05) is 0 Å². The second-order valence-corrected chi connectivity index (χ2v) is 4.16. The first-order chi connectivity index (χ1) is 8.15. The minimum Gasteiger partial charge on any atom is -0.322 e. The van der Waals surface area contributed by atoms with Crippen LogP contribution < -0.4 is 5.32 Å². The van der Waals surface area contributed by atoms with E-state index in [1.54, 1.807) is 0 Å². The van der Waals surface area contributed by atoms with E-state index < -0.39 is 11.6 Å². The predicted molar refractivity (Wildman–Crippen MR) is 60.7 cm³/mol. The van der Waals surface area contributed by atoms with Crippen LogP contribution in [0, 0.1) is 11.6 Å². The average Bonchev–Trinajstić information content (AvgIpc) is 2.75. The Bertz CT molecular complexity index is 417.